The van der Waals surface area contributed by atoms with Crippen molar-refractivity contribution >= 4 is 21.6 Å². The molecule has 0 amide bonds. The van der Waals surface area contributed by atoms with E-state index in [0.717, 1.165) is 22.9 Å². The van der Waals surface area contributed by atoms with Crippen molar-refractivity contribution in [2.24, 2.45) is 0 Å². The Kier molecular flexibility index (Phi) is 3.53. The van der Waals surface area contributed by atoms with Crippen molar-refractivity contribution in [3.63, 3.8) is 0 Å². The molecule has 1 aliphatic carbocycles. The summed E-state index contributed by atoms with van der Waals surface area (Å²) in [6.07, 6.45) is 3.74. The van der Waals surface area contributed by atoms with Crippen LogP contribution in [0.3, 0.4) is 0 Å². The van der Waals surface area contributed by atoms with Crippen molar-refractivity contribution in [3.05, 3.63) is 57.7 Å². The summed E-state index contributed by atoms with van der Waals surface area (Å²) in [7, 11) is 0. The van der Waals surface area contributed by atoms with Gasteiger partial charge in [0.05, 0.1) is 5.41 Å². The second kappa shape index (κ2) is 5.22. The minimum absolute atomic E-state index is 0.160. The van der Waals surface area contributed by atoms with Gasteiger partial charge in [0.15, 0.2) is 5.82 Å². The maximum Gasteiger partial charge on any atom is 0.275 e. The van der Waals surface area contributed by atoms with E-state index in [2.05, 4.69) is 32.1 Å². The second-order valence-electron chi connectivity index (χ2n) is 5.62. The Balaban J connectivity index is 1.95. The molecule has 0 saturated heterocycles. The third-order valence-electron chi connectivity index (χ3n) is 3.66. The Hall–Kier alpha value is -1.75. The Morgan fingerprint density at radius 2 is 2.05 bits per heavy atom. The fourth-order valence-electron chi connectivity index (χ4n) is 2.47. The molecule has 108 valence electrons. The number of halogens is 1. The predicted octanol–water partition coefficient (Wildman–Crippen LogP) is 4.25. The molecule has 0 aliphatic heterocycles. The van der Waals surface area contributed by atoms with Gasteiger partial charge in [0, 0.05) is 4.47 Å². The third-order valence-corrected chi connectivity index (χ3v) is 4.35. The van der Waals surface area contributed by atoms with Crippen LogP contribution in [-0.4, -0.2) is 15.9 Å². The van der Waals surface area contributed by atoms with Crippen LogP contribution in [0.15, 0.2) is 44.9 Å². The molecule has 0 bridgehead atoms. The first-order valence-electron chi connectivity index (χ1n) is 6.86. The molecule has 0 radical (unpaired) electrons. The smallest absolute Gasteiger partial charge is 0.275 e. The molecule has 1 fully saturated rings. The molecule has 0 atom stereocenters. The zero-order valence-electron chi connectivity index (χ0n) is 12.0. The monoisotopic (exact) mass is 345 g/mol. The number of nitrogens with zero attached hydrogens (tertiary/aromatic N) is 2. The SMILES string of the molecule is CC(C)=CC(=N)c1nc(C2(c3ccccc3Br)CC2)no1. The van der Waals surface area contributed by atoms with Gasteiger partial charge in [0.1, 0.15) is 5.71 Å². The van der Waals surface area contributed by atoms with Crippen molar-refractivity contribution in [2.75, 3.05) is 0 Å². The number of benzene rings is 1. The first-order valence-corrected chi connectivity index (χ1v) is 7.65. The van der Waals surface area contributed by atoms with E-state index in [9.17, 15) is 0 Å². The van der Waals surface area contributed by atoms with Crippen LogP contribution >= 0.6 is 15.9 Å². The number of hydrogen-bond donors (Lipinski definition) is 1. The molecule has 1 aromatic heterocycles. The maximum absolute atomic E-state index is 7.96. The van der Waals surface area contributed by atoms with Gasteiger partial charge in [-0.15, -0.1) is 0 Å². The number of allylic oxidation sites excluding steroid dienone is 2. The summed E-state index contributed by atoms with van der Waals surface area (Å²) in [5.41, 5.74) is 2.32. The van der Waals surface area contributed by atoms with E-state index in [4.69, 9.17) is 9.93 Å². The van der Waals surface area contributed by atoms with Gasteiger partial charge in [-0.2, -0.15) is 4.98 Å². The summed E-state index contributed by atoms with van der Waals surface area (Å²) >= 11 is 3.60. The van der Waals surface area contributed by atoms with Gasteiger partial charge >= 0.3 is 0 Å². The lowest BCUT2D eigenvalue weighted by Gasteiger charge is -2.12. The van der Waals surface area contributed by atoms with Crippen LogP contribution in [0.1, 0.15) is 44.0 Å². The quantitative estimate of drug-likeness (QED) is 0.842. The highest BCUT2D eigenvalue weighted by molar-refractivity contribution is 9.10. The second-order valence-corrected chi connectivity index (χ2v) is 6.47. The topological polar surface area (TPSA) is 62.8 Å². The standard InChI is InChI=1S/C16H16BrN3O/c1-10(2)9-13(18)14-19-15(20-21-14)16(7-8-16)11-5-3-4-6-12(11)17/h3-6,9,18H,7-8H2,1-2H3. The lowest BCUT2D eigenvalue weighted by molar-refractivity contribution is 0.400. The Morgan fingerprint density at radius 3 is 2.67 bits per heavy atom. The van der Waals surface area contributed by atoms with Crippen LogP contribution in [0.5, 0.6) is 0 Å². The number of rotatable bonds is 4. The van der Waals surface area contributed by atoms with Crippen molar-refractivity contribution < 1.29 is 4.52 Å². The fraction of sp³-hybridized carbons (Fsp3) is 0.312. The van der Waals surface area contributed by atoms with Crippen LogP contribution in [0, 0.1) is 5.41 Å². The molecule has 2 aromatic rings. The van der Waals surface area contributed by atoms with Gasteiger partial charge in [0.2, 0.25) is 0 Å². The summed E-state index contributed by atoms with van der Waals surface area (Å²) in [6.45, 7) is 3.88. The highest BCUT2D eigenvalue weighted by Crippen LogP contribution is 2.54. The molecule has 1 saturated carbocycles. The van der Waals surface area contributed by atoms with Gasteiger partial charge in [-0.05, 0) is 44.4 Å². The van der Waals surface area contributed by atoms with Gasteiger partial charge in [-0.1, -0.05) is 44.9 Å². The summed E-state index contributed by atoms with van der Waals surface area (Å²) in [4.78, 5) is 4.45. The maximum atomic E-state index is 7.96. The van der Waals surface area contributed by atoms with Crippen LogP contribution in [0.4, 0.5) is 0 Å². The van der Waals surface area contributed by atoms with Crippen molar-refractivity contribution in [3.8, 4) is 0 Å². The molecule has 4 nitrogen and oxygen atoms in total. The Morgan fingerprint density at radius 1 is 1.33 bits per heavy atom. The van der Waals surface area contributed by atoms with Gasteiger partial charge < -0.3 is 4.52 Å². The summed E-state index contributed by atoms with van der Waals surface area (Å²) in [6, 6.07) is 8.14. The van der Waals surface area contributed by atoms with Gasteiger partial charge in [-0.3, -0.25) is 5.41 Å². The average molecular weight is 346 g/mol. The molecular formula is C16H16BrN3O. The summed E-state index contributed by atoms with van der Waals surface area (Å²) in [5.74, 6) is 0.959. The summed E-state index contributed by atoms with van der Waals surface area (Å²) in [5, 5.41) is 12.1. The molecule has 1 aliphatic rings. The van der Waals surface area contributed by atoms with E-state index in [1.165, 1.54) is 5.56 Å². The number of aromatic nitrogens is 2. The average Bonchev–Trinajstić information content (AvgIpc) is 3.08. The minimum Gasteiger partial charge on any atom is -0.332 e. The molecule has 0 unspecified atom stereocenters. The third kappa shape index (κ3) is 2.58. The van der Waals surface area contributed by atoms with E-state index in [1.807, 2.05) is 32.0 Å². The zero-order chi connectivity index (χ0) is 15.0. The normalized spacial score (nSPS) is 15.6. The Bertz CT molecular complexity index is 725. The molecule has 21 heavy (non-hydrogen) atoms. The van der Waals surface area contributed by atoms with Crippen LogP contribution in [0.2, 0.25) is 0 Å². The molecule has 0 spiro atoms. The molecule has 3 rings (SSSR count). The van der Waals surface area contributed by atoms with E-state index in [1.54, 1.807) is 6.08 Å². The van der Waals surface area contributed by atoms with E-state index >= 15 is 0 Å². The Labute approximate surface area is 131 Å². The van der Waals surface area contributed by atoms with E-state index in [0.29, 0.717) is 5.82 Å². The van der Waals surface area contributed by atoms with Crippen molar-refractivity contribution in [2.45, 2.75) is 32.1 Å². The van der Waals surface area contributed by atoms with Crippen LogP contribution in [0.25, 0.3) is 0 Å². The summed E-state index contributed by atoms with van der Waals surface area (Å²) < 4.78 is 6.33. The first kappa shape index (κ1) is 14.2. The minimum atomic E-state index is -0.160. The largest absolute Gasteiger partial charge is 0.332 e. The highest BCUT2D eigenvalue weighted by atomic mass is 79.9. The van der Waals surface area contributed by atoms with Gasteiger partial charge in [0.25, 0.3) is 5.89 Å². The van der Waals surface area contributed by atoms with E-state index in [-0.39, 0.29) is 17.0 Å². The number of nitrogens with one attached hydrogen (secondary N) is 1. The highest BCUT2D eigenvalue weighted by Gasteiger charge is 2.51. The molecule has 1 heterocycles. The van der Waals surface area contributed by atoms with Crippen molar-refractivity contribution in [1.82, 2.24) is 10.1 Å². The molecule has 1 N–H and O–H groups in total. The zero-order valence-corrected chi connectivity index (χ0v) is 13.6. The lowest BCUT2D eigenvalue weighted by atomic mass is 9.95. The molecule has 5 heteroatoms. The predicted molar refractivity (Wildman–Crippen MR) is 84.7 cm³/mol. The van der Waals surface area contributed by atoms with E-state index < -0.39 is 0 Å². The molecular weight excluding hydrogens is 330 g/mol. The van der Waals surface area contributed by atoms with Gasteiger partial charge in [-0.25, -0.2) is 0 Å². The first-order chi connectivity index (χ1) is 10.0. The van der Waals surface area contributed by atoms with Crippen molar-refractivity contribution in [1.29, 1.82) is 5.41 Å². The van der Waals surface area contributed by atoms with Crippen LogP contribution in [-0.2, 0) is 5.41 Å². The van der Waals surface area contributed by atoms with Crippen LogP contribution < -0.4 is 0 Å². The fourth-order valence-corrected chi connectivity index (χ4v) is 3.13. The molecule has 1 aromatic carbocycles. The number of hydrogen-bond acceptors (Lipinski definition) is 4. The lowest BCUT2D eigenvalue weighted by Crippen LogP contribution is -2.12.